The van der Waals surface area contributed by atoms with Crippen LogP contribution in [0.3, 0.4) is 0 Å². The molecule has 11 heavy (non-hydrogen) atoms. The summed E-state index contributed by atoms with van der Waals surface area (Å²) in [6, 6.07) is 10.1. The van der Waals surface area contributed by atoms with Gasteiger partial charge in [0.05, 0.1) is 0 Å². The maximum Gasteiger partial charge on any atom is -0.0213 e. The van der Waals surface area contributed by atoms with Gasteiger partial charge in [0.1, 0.15) is 0 Å². The predicted octanol–water partition coefficient (Wildman–Crippen LogP) is 3.16. The van der Waals surface area contributed by atoms with Crippen LogP contribution in [-0.4, -0.2) is 0 Å². The molecule has 0 saturated heterocycles. The molecule has 0 heteroatoms. The van der Waals surface area contributed by atoms with Crippen molar-refractivity contribution in [3.05, 3.63) is 42.5 Å². The van der Waals surface area contributed by atoms with Gasteiger partial charge in [0.15, 0.2) is 0 Å². The van der Waals surface area contributed by atoms with Gasteiger partial charge in [-0.2, -0.15) is 0 Å². The quantitative estimate of drug-likeness (QED) is 0.599. The second-order valence-corrected chi connectivity index (χ2v) is 2.98. The van der Waals surface area contributed by atoms with E-state index in [9.17, 15) is 0 Å². The Labute approximate surface area is 68.6 Å². The highest BCUT2D eigenvalue weighted by Crippen LogP contribution is 2.19. The number of benzene rings is 1. The lowest BCUT2D eigenvalue weighted by atomic mass is 9.97. The Morgan fingerprint density at radius 2 is 1.73 bits per heavy atom. The first kappa shape index (κ1) is 8.06. The minimum Gasteiger partial charge on any atom is -0.0622 e. The Bertz CT molecular complexity index is 231. The molecule has 0 fully saturated rings. The monoisotopic (exact) mass is 145 g/mol. The van der Waals surface area contributed by atoms with E-state index >= 15 is 0 Å². The third-order valence-corrected chi connectivity index (χ3v) is 1.73. The first-order valence-electron chi connectivity index (χ1n) is 3.89. The van der Waals surface area contributed by atoms with E-state index in [0.717, 1.165) is 11.1 Å². The minimum absolute atomic E-state index is 0.428. The topological polar surface area (TPSA) is 0 Å². The molecule has 0 nitrogen and oxygen atoms in total. The normalized spacial score (nSPS) is 10.1. The van der Waals surface area contributed by atoms with Crippen molar-refractivity contribution in [2.24, 2.45) is 5.92 Å². The van der Waals surface area contributed by atoms with Crippen molar-refractivity contribution < 1.29 is 0 Å². The minimum atomic E-state index is 0.428. The second-order valence-electron chi connectivity index (χ2n) is 2.98. The lowest BCUT2D eigenvalue weighted by Gasteiger charge is -2.07. The largest absolute Gasteiger partial charge is 0.0622 e. The van der Waals surface area contributed by atoms with E-state index in [4.69, 9.17) is 6.58 Å². The summed E-state index contributed by atoms with van der Waals surface area (Å²) >= 11 is 0. The summed E-state index contributed by atoms with van der Waals surface area (Å²) in [4.78, 5) is 0. The molecule has 0 N–H and O–H groups in total. The van der Waals surface area contributed by atoms with Crippen LogP contribution in [-0.2, 0) is 0 Å². The molecule has 57 valence electrons. The predicted molar refractivity (Wildman–Crippen MR) is 49.0 cm³/mol. The summed E-state index contributed by atoms with van der Waals surface area (Å²) < 4.78 is 0. The highest BCUT2D eigenvalue weighted by Gasteiger charge is 2.01. The molecule has 0 aliphatic carbocycles. The SMILES string of the molecule is [CH]=C(c1ccccc1)C(C)C. The maximum absolute atomic E-state index is 5.85. The Hall–Kier alpha value is -1.04. The van der Waals surface area contributed by atoms with Crippen LogP contribution in [0.1, 0.15) is 19.4 Å². The molecule has 0 unspecified atom stereocenters. The number of rotatable bonds is 2. The molecule has 0 spiro atoms. The van der Waals surface area contributed by atoms with Gasteiger partial charge in [-0.05, 0) is 17.1 Å². The summed E-state index contributed by atoms with van der Waals surface area (Å²) in [6.07, 6.45) is 0. The molecule has 0 atom stereocenters. The van der Waals surface area contributed by atoms with Crippen molar-refractivity contribution in [2.75, 3.05) is 0 Å². The molecule has 0 amide bonds. The molecule has 1 aromatic carbocycles. The second kappa shape index (κ2) is 3.38. The molecule has 0 bridgehead atoms. The first-order chi connectivity index (χ1) is 5.22. The van der Waals surface area contributed by atoms with Gasteiger partial charge in [-0.3, -0.25) is 0 Å². The zero-order valence-electron chi connectivity index (χ0n) is 7.04. The van der Waals surface area contributed by atoms with Crippen LogP contribution in [0.15, 0.2) is 30.3 Å². The zero-order chi connectivity index (χ0) is 8.27. The van der Waals surface area contributed by atoms with Crippen LogP contribution in [0.25, 0.3) is 5.57 Å². The van der Waals surface area contributed by atoms with Gasteiger partial charge < -0.3 is 0 Å². The van der Waals surface area contributed by atoms with E-state index in [-0.39, 0.29) is 0 Å². The third kappa shape index (κ3) is 1.94. The molecule has 1 radical (unpaired) electrons. The van der Waals surface area contributed by atoms with Gasteiger partial charge in [0.2, 0.25) is 0 Å². The maximum atomic E-state index is 5.85. The van der Waals surface area contributed by atoms with Crippen molar-refractivity contribution in [3.8, 4) is 0 Å². The number of allylic oxidation sites excluding steroid dienone is 1. The van der Waals surface area contributed by atoms with Crippen LogP contribution in [0, 0.1) is 12.5 Å². The lowest BCUT2D eigenvalue weighted by Crippen LogP contribution is -1.90. The van der Waals surface area contributed by atoms with Gasteiger partial charge in [-0.15, -0.1) is 0 Å². The number of hydrogen-bond donors (Lipinski definition) is 0. The van der Waals surface area contributed by atoms with Crippen LogP contribution >= 0.6 is 0 Å². The van der Waals surface area contributed by atoms with Crippen LogP contribution in [0.2, 0.25) is 0 Å². The molecule has 0 aliphatic heterocycles. The van der Waals surface area contributed by atoms with Crippen molar-refractivity contribution in [2.45, 2.75) is 13.8 Å². The Balaban J connectivity index is 2.86. The summed E-state index contributed by atoms with van der Waals surface area (Å²) in [5, 5.41) is 0. The first-order valence-corrected chi connectivity index (χ1v) is 3.89. The molecule has 1 aromatic rings. The van der Waals surface area contributed by atoms with Crippen LogP contribution < -0.4 is 0 Å². The lowest BCUT2D eigenvalue weighted by molar-refractivity contribution is 0.856. The molecule has 0 saturated carbocycles. The van der Waals surface area contributed by atoms with E-state index in [2.05, 4.69) is 13.8 Å². The fraction of sp³-hybridized carbons (Fsp3) is 0.273. The zero-order valence-corrected chi connectivity index (χ0v) is 7.04. The van der Waals surface area contributed by atoms with Crippen molar-refractivity contribution >= 4 is 5.57 Å². The highest BCUT2D eigenvalue weighted by molar-refractivity contribution is 5.63. The van der Waals surface area contributed by atoms with E-state index in [1.54, 1.807) is 0 Å². The summed E-state index contributed by atoms with van der Waals surface area (Å²) in [5.41, 5.74) is 2.10. The summed E-state index contributed by atoms with van der Waals surface area (Å²) in [6.45, 7) is 10.1. The highest BCUT2D eigenvalue weighted by atomic mass is 14.1. The van der Waals surface area contributed by atoms with Crippen molar-refractivity contribution in [1.82, 2.24) is 0 Å². The smallest absolute Gasteiger partial charge is 0.0213 e. The van der Waals surface area contributed by atoms with Gasteiger partial charge >= 0.3 is 0 Å². The molecule has 0 heterocycles. The molecule has 1 rings (SSSR count). The average molecular weight is 145 g/mol. The number of hydrogen-bond acceptors (Lipinski definition) is 0. The van der Waals surface area contributed by atoms with Crippen molar-refractivity contribution in [1.29, 1.82) is 0 Å². The third-order valence-electron chi connectivity index (χ3n) is 1.73. The van der Waals surface area contributed by atoms with Crippen LogP contribution in [0.4, 0.5) is 0 Å². The van der Waals surface area contributed by atoms with Gasteiger partial charge in [0.25, 0.3) is 0 Å². The Morgan fingerprint density at radius 3 is 2.18 bits per heavy atom. The fourth-order valence-electron chi connectivity index (χ4n) is 0.964. The Kier molecular flexibility index (Phi) is 2.48. The van der Waals surface area contributed by atoms with E-state index < -0.39 is 0 Å². The van der Waals surface area contributed by atoms with E-state index in [0.29, 0.717) is 5.92 Å². The summed E-state index contributed by atoms with van der Waals surface area (Å²) in [5.74, 6) is 0.428. The average Bonchev–Trinajstić information content (AvgIpc) is 2.05. The van der Waals surface area contributed by atoms with Crippen LogP contribution in [0.5, 0.6) is 0 Å². The van der Waals surface area contributed by atoms with E-state index in [1.807, 2.05) is 30.3 Å². The van der Waals surface area contributed by atoms with E-state index in [1.165, 1.54) is 0 Å². The van der Waals surface area contributed by atoms with Crippen molar-refractivity contribution in [3.63, 3.8) is 0 Å². The molecular weight excluding hydrogens is 132 g/mol. The standard InChI is InChI=1S/C11H13/c1-9(2)10(3)11-7-5-4-6-8-11/h3-9H,1-2H3. The Morgan fingerprint density at radius 1 is 1.18 bits per heavy atom. The van der Waals surface area contributed by atoms with Gasteiger partial charge in [0, 0.05) is 0 Å². The summed E-state index contributed by atoms with van der Waals surface area (Å²) in [7, 11) is 0. The molecular formula is C11H13. The van der Waals surface area contributed by atoms with Gasteiger partial charge in [-0.1, -0.05) is 50.8 Å². The molecule has 0 aromatic heterocycles. The van der Waals surface area contributed by atoms with Gasteiger partial charge in [-0.25, -0.2) is 0 Å². The fourth-order valence-corrected chi connectivity index (χ4v) is 0.964. The molecule has 0 aliphatic rings.